The second-order valence-electron chi connectivity index (χ2n) is 12.8. The van der Waals surface area contributed by atoms with Crippen molar-refractivity contribution < 1.29 is 13.7 Å². The van der Waals surface area contributed by atoms with E-state index in [0.717, 1.165) is 38.5 Å². The molecule has 0 unspecified atom stereocenters. The number of hydrogen-bond acceptors (Lipinski definition) is 3. The molecule has 6 aromatic carbocycles. The summed E-state index contributed by atoms with van der Waals surface area (Å²) in [5.41, 5.74) is 9.22. The number of benzene rings is 6. The van der Waals surface area contributed by atoms with Crippen LogP contribution in [0.1, 0.15) is 27.7 Å². The van der Waals surface area contributed by atoms with Gasteiger partial charge in [-0.05, 0) is 89.4 Å². The van der Waals surface area contributed by atoms with E-state index >= 15 is 0 Å². The number of hydrogen-bond donors (Lipinski definition) is 0. The van der Waals surface area contributed by atoms with Crippen LogP contribution in [0.25, 0.3) is 66.1 Å². The predicted molar refractivity (Wildman–Crippen MR) is 183 cm³/mol. The molecule has 4 heteroatoms. The number of rotatable bonds is 4. The highest BCUT2D eigenvalue weighted by Gasteiger charge is 2.51. The molecule has 1 aromatic heterocycles. The van der Waals surface area contributed by atoms with Crippen molar-refractivity contribution in [1.29, 1.82) is 0 Å². The van der Waals surface area contributed by atoms with Gasteiger partial charge in [0.1, 0.15) is 11.2 Å². The number of fused-ring (bicyclic) bond motifs is 4. The average Bonchev–Trinajstić information content (AvgIpc) is 3.53. The molecule has 0 saturated carbocycles. The van der Waals surface area contributed by atoms with Crippen molar-refractivity contribution in [3.63, 3.8) is 0 Å². The van der Waals surface area contributed by atoms with Gasteiger partial charge in [0.05, 0.1) is 11.2 Å². The number of furan rings is 1. The third-order valence-corrected chi connectivity index (χ3v) is 9.56. The predicted octanol–water partition coefficient (Wildman–Crippen LogP) is 10.0. The summed E-state index contributed by atoms with van der Waals surface area (Å²) in [7, 11) is -0.380. The molecule has 1 fully saturated rings. The van der Waals surface area contributed by atoms with Gasteiger partial charge in [-0.3, -0.25) is 0 Å². The lowest BCUT2D eigenvalue weighted by atomic mass is 9.78. The molecule has 1 saturated heterocycles. The van der Waals surface area contributed by atoms with Crippen molar-refractivity contribution in [2.24, 2.45) is 0 Å². The summed E-state index contributed by atoms with van der Waals surface area (Å²) < 4.78 is 18.8. The molecule has 1 aliphatic heterocycles. The monoisotopic (exact) mass is 572 g/mol. The van der Waals surface area contributed by atoms with Gasteiger partial charge in [-0.1, -0.05) is 115 Å². The zero-order valence-electron chi connectivity index (χ0n) is 25.4. The molecule has 0 aliphatic carbocycles. The summed E-state index contributed by atoms with van der Waals surface area (Å²) in [6, 6.07) is 45.2. The second kappa shape index (κ2) is 9.95. The maximum Gasteiger partial charge on any atom is 0.494 e. The summed E-state index contributed by atoms with van der Waals surface area (Å²) in [4.78, 5) is 0. The lowest BCUT2D eigenvalue weighted by molar-refractivity contribution is 0.00578. The minimum Gasteiger partial charge on any atom is -0.456 e. The van der Waals surface area contributed by atoms with Crippen LogP contribution in [0, 0.1) is 0 Å². The highest BCUT2D eigenvalue weighted by molar-refractivity contribution is 6.62. The van der Waals surface area contributed by atoms with Crippen molar-refractivity contribution >= 4 is 45.3 Å². The minimum atomic E-state index is -0.380. The highest BCUT2D eigenvalue weighted by Crippen LogP contribution is 2.42. The lowest BCUT2D eigenvalue weighted by Crippen LogP contribution is -2.41. The van der Waals surface area contributed by atoms with Gasteiger partial charge in [0.2, 0.25) is 0 Å². The Morgan fingerprint density at radius 1 is 0.455 bits per heavy atom. The van der Waals surface area contributed by atoms with Gasteiger partial charge in [0.15, 0.2) is 0 Å². The van der Waals surface area contributed by atoms with Crippen LogP contribution in [-0.4, -0.2) is 18.3 Å². The van der Waals surface area contributed by atoms with E-state index in [1.165, 1.54) is 33.0 Å². The molecule has 0 radical (unpaired) electrons. The van der Waals surface area contributed by atoms with Crippen LogP contribution < -0.4 is 5.46 Å². The maximum atomic E-state index is 6.31. The van der Waals surface area contributed by atoms with Gasteiger partial charge in [0, 0.05) is 10.8 Å². The molecule has 0 spiro atoms. The molecule has 3 nitrogen and oxygen atoms in total. The fourth-order valence-electron chi connectivity index (χ4n) is 6.47. The average molecular weight is 573 g/mol. The Kier molecular flexibility index (Phi) is 6.10. The Hall–Kier alpha value is -4.64. The zero-order chi connectivity index (χ0) is 30.1. The first-order valence-electron chi connectivity index (χ1n) is 15.3. The van der Waals surface area contributed by atoms with Crippen LogP contribution in [0.3, 0.4) is 0 Å². The van der Waals surface area contributed by atoms with Crippen molar-refractivity contribution in [3.8, 4) is 33.4 Å². The molecule has 7 aromatic rings. The summed E-state index contributed by atoms with van der Waals surface area (Å²) in [5.74, 6) is 0. The number of para-hydroxylation sites is 1. The summed E-state index contributed by atoms with van der Waals surface area (Å²) in [6.07, 6.45) is 0. The first-order chi connectivity index (χ1) is 21.3. The molecule has 0 atom stereocenters. The Morgan fingerprint density at radius 3 is 1.80 bits per heavy atom. The van der Waals surface area contributed by atoms with Gasteiger partial charge in [-0.15, -0.1) is 0 Å². The standard InChI is InChI=1S/C40H33BO3/c1-39(2)40(3,4)44-41(43-39)29-12-9-11-28(25-29)26-19-21-27(22-20-26)30-23-24-33(32-14-6-5-13-31(30)32)34-16-10-18-37-38(34)35-15-7-8-17-36(35)42-37/h5-25H,1-4H3. The van der Waals surface area contributed by atoms with Gasteiger partial charge < -0.3 is 13.7 Å². The topological polar surface area (TPSA) is 31.6 Å². The van der Waals surface area contributed by atoms with Gasteiger partial charge >= 0.3 is 7.12 Å². The van der Waals surface area contributed by atoms with E-state index in [1.807, 2.05) is 12.1 Å². The van der Waals surface area contributed by atoms with Crippen LogP contribution >= 0.6 is 0 Å². The Balaban J connectivity index is 1.17. The van der Waals surface area contributed by atoms with Crippen LogP contribution in [0.5, 0.6) is 0 Å². The lowest BCUT2D eigenvalue weighted by Gasteiger charge is -2.32. The van der Waals surface area contributed by atoms with Crippen LogP contribution in [0.2, 0.25) is 0 Å². The molecule has 0 amide bonds. The van der Waals surface area contributed by atoms with Gasteiger partial charge in [0.25, 0.3) is 0 Å². The molecular weight excluding hydrogens is 539 g/mol. The van der Waals surface area contributed by atoms with E-state index in [1.54, 1.807) is 0 Å². The van der Waals surface area contributed by atoms with Crippen molar-refractivity contribution in [2.45, 2.75) is 38.9 Å². The second-order valence-corrected chi connectivity index (χ2v) is 12.8. The van der Waals surface area contributed by atoms with Crippen molar-refractivity contribution in [2.75, 3.05) is 0 Å². The largest absolute Gasteiger partial charge is 0.494 e. The first-order valence-corrected chi connectivity index (χ1v) is 15.3. The van der Waals surface area contributed by atoms with Crippen LogP contribution in [0.15, 0.2) is 132 Å². The fourth-order valence-corrected chi connectivity index (χ4v) is 6.47. The van der Waals surface area contributed by atoms with E-state index in [0.29, 0.717) is 0 Å². The van der Waals surface area contributed by atoms with E-state index in [4.69, 9.17) is 13.7 Å². The molecule has 0 bridgehead atoms. The summed E-state index contributed by atoms with van der Waals surface area (Å²) in [5, 5.41) is 4.75. The first kappa shape index (κ1) is 27.0. The minimum absolute atomic E-state index is 0.369. The zero-order valence-corrected chi connectivity index (χ0v) is 25.4. The smallest absolute Gasteiger partial charge is 0.456 e. The highest BCUT2D eigenvalue weighted by atomic mass is 16.7. The SMILES string of the molecule is CC1(C)OB(c2cccc(-c3ccc(-c4ccc(-c5cccc6oc7ccccc7c56)c5ccccc45)cc3)c2)OC1(C)C. The van der Waals surface area contributed by atoms with Crippen molar-refractivity contribution in [3.05, 3.63) is 127 Å². The Bertz CT molecular complexity index is 2170. The van der Waals surface area contributed by atoms with Crippen LogP contribution in [0.4, 0.5) is 0 Å². The van der Waals surface area contributed by atoms with E-state index in [9.17, 15) is 0 Å². The molecule has 8 rings (SSSR count). The van der Waals surface area contributed by atoms with E-state index in [-0.39, 0.29) is 18.3 Å². The third kappa shape index (κ3) is 4.29. The van der Waals surface area contributed by atoms with Crippen molar-refractivity contribution in [1.82, 2.24) is 0 Å². The van der Waals surface area contributed by atoms with E-state index < -0.39 is 0 Å². The molecular formula is C40H33BO3. The van der Waals surface area contributed by atoms with Gasteiger partial charge in [-0.2, -0.15) is 0 Å². The summed E-state index contributed by atoms with van der Waals surface area (Å²) >= 11 is 0. The molecule has 0 N–H and O–H groups in total. The van der Waals surface area contributed by atoms with E-state index in [2.05, 4.69) is 143 Å². The van der Waals surface area contributed by atoms with Crippen LogP contribution in [-0.2, 0) is 9.31 Å². The fraction of sp³-hybridized carbons (Fsp3) is 0.150. The molecule has 44 heavy (non-hydrogen) atoms. The maximum absolute atomic E-state index is 6.31. The summed E-state index contributed by atoms with van der Waals surface area (Å²) in [6.45, 7) is 8.36. The van der Waals surface area contributed by atoms with Gasteiger partial charge in [-0.25, -0.2) is 0 Å². The Labute approximate surface area is 258 Å². The quantitative estimate of drug-likeness (QED) is 0.197. The molecule has 214 valence electrons. The Morgan fingerprint density at radius 2 is 1.05 bits per heavy atom. The third-order valence-electron chi connectivity index (χ3n) is 9.56. The molecule has 1 aliphatic rings. The normalized spacial score (nSPS) is 15.9. The molecule has 2 heterocycles.